The van der Waals surface area contributed by atoms with Crippen molar-refractivity contribution in [3.05, 3.63) is 72.8 Å². The number of benzene rings is 2. The van der Waals surface area contributed by atoms with Gasteiger partial charge in [-0.1, -0.05) is 54.6 Å². The predicted octanol–water partition coefficient (Wildman–Crippen LogP) is 5.75. The van der Waals surface area contributed by atoms with E-state index in [4.69, 9.17) is 0 Å². The predicted molar refractivity (Wildman–Crippen MR) is 106 cm³/mol. The Morgan fingerprint density at radius 3 is 2.24 bits per heavy atom. The van der Waals surface area contributed by atoms with Crippen molar-refractivity contribution in [2.24, 2.45) is 0 Å². The van der Waals surface area contributed by atoms with Crippen molar-refractivity contribution < 1.29 is 0 Å². The molecular formula is C23H22N2. The molecule has 2 heteroatoms. The molecule has 0 saturated carbocycles. The van der Waals surface area contributed by atoms with Gasteiger partial charge in [0, 0.05) is 13.1 Å². The van der Waals surface area contributed by atoms with Gasteiger partial charge in [-0.05, 0) is 48.4 Å². The number of rotatable bonds is 2. The van der Waals surface area contributed by atoms with Gasteiger partial charge in [0.2, 0.25) is 0 Å². The van der Waals surface area contributed by atoms with Gasteiger partial charge in [-0.15, -0.1) is 0 Å². The van der Waals surface area contributed by atoms with E-state index < -0.39 is 0 Å². The summed E-state index contributed by atoms with van der Waals surface area (Å²) in [6.45, 7) is 2.33. The van der Waals surface area contributed by atoms with Crippen LogP contribution in [0.2, 0.25) is 0 Å². The highest BCUT2D eigenvalue weighted by Gasteiger charge is 2.19. The van der Waals surface area contributed by atoms with E-state index in [0.29, 0.717) is 0 Å². The third-order valence-electron chi connectivity index (χ3n) is 5.38. The largest absolute Gasteiger partial charge is 0.370 e. The first kappa shape index (κ1) is 14.6. The van der Waals surface area contributed by atoms with Crippen LogP contribution in [0.3, 0.4) is 0 Å². The van der Waals surface area contributed by atoms with Gasteiger partial charge in [-0.25, -0.2) is 0 Å². The fraction of sp³-hybridized carbons (Fsp3) is 0.217. The summed E-state index contributed by atoms with van der Waals surface area (Å²) < 4.78 is 2.44. The van der Waals surface area contributed by atoms with Crippen molar-refractivity contribution in [1.82, 2.24) is 4.40 Å². The van der Waals surface area contributed by atoms with Crippen molar-refractivity contribution in [3.63, 3.8) is 0 Å². The van der Waals surface area contributed by atoms with Gasteiger partial charge in [0.1, 0.15) is 0 Å². The topological polar surface area (TPSA) is 7.65 Å². The Bertz CT molecular complexity index is 1020. The number of fused-ring (bicyclic) bond motifs is 3. The molecule has 0 atom stereocenters. The number of para-hydroxylation sites is 1. The Morgan fingerprint density at radius 2 is 1.40 bits per heavy atom. The van der Waals surface area contributed by atoms with Crippen LogP contribution in [-0.2, 0) is 0 Å². The third kappa shape index (κ3) is 2.41. The van der Waals surface area contributed by atoms with Gasteiger partial charge >= 0.3 is 0 Å². The van der Waals surface area contributed by atoms with E-state index in [1.54, 1.807) is 0 Å². The van der Waals surface area contributed by atoms with Crippen LogP contribution in [0.4, 0.5) is 5.69 Å². The van der Waals surface area contributed by atoms with Crippen molar-refractivity contribution >= 4 is 22.1 Å². The lowest BCUT2D eigenvalue weighted by Crippen LogP contribution is -2.29. The monoisotopic (exact) mass is 326 g/mol. The second-order valence-corrected chi connectivity index (χ2v) is 6.94. The lowest BCUT2D eigenvalue weighted by Gasteiger charge is -2.28. The van der Waals surface area contributed by atoms with Crippen molar-refractivity contribution in [3.8, 4) is 11.3 Å². The van der Waals surface area contributed by atoms with E-state index in [9.17, 15) is 0 Å². The number of aromatic nitrogens is 1. The molecule has 5 rings (SSSR count). The molecule has 2 aromatic carbocycles. The molecule has 0 bridgehead atoms. The Morgan fingerprint density at radius 1 is 0.640 bits per heavy atom. The molecule has 1 aliphatic rings. The highest BCUT2D eigenvalue weighted by atomic mass is 15.2. The fourth-order valence-electron chi connectivity index (χ4n) is 4.14. The van der Waals surface area contributed by atoms with Crippen LogP contribution in [0, 0.1) is 0 Å². The normalized spacial score (nSPS) is 15.1. The maximum absolute atomic E-state index is 2.57. The zero-order valence-electron chi connectivity index (χ0n) is 14.4. The molecule has 0 N–H and O–H groups in total. The number of hydrogen-bond donors (Lipinski definition) is 0. The summed E-state index contributed by atoms with van der Waals surface area (Å²) in [6.07, 6.45) is 3.95. The lowest BCUT2D eigenvalue weighted by atomic mass is 10.1. The van der Waals surface area contributed by atoms with E-state index in [2.05, 4.69) is 82.1 Å². The third-order valence-corrected chi connectivity index (χ3v) is 5.38. The first-order chi connectivity index (χ1) is 12.4. The Kier molecular flexibility index (Phi) is 3.48. The van der Waals surface area contributed by atoms with Crippen molar-refractivity contribution in [2.45, 2.75) is 19.3 Å². The average molecular weight is 326 g/mol. The molecule has 1 saturated heterocycles. The first-order valence-corrected chi connectivity index (χ1v) is 9.25. The number of anilines is 1. The van der Waals surface area contributed by atoms with E-state index in [1.165, 1.54) is 65.7 Å². The van der Waals surface area contributed by atoms with Gasteiger partial charge < -0.3 is 9.30 Å². The highest BCUT2D eigenvalue weighted by molar-refractivity contribution is 5.92. The van der Waals surface area contributed by atoms with Crippen molar-refractivity contribution in [1.29, 1.82) is 0 Å². The minimum Gasteiger partial charge on any atom is -0.370 e. The summed E-state index contributed by atoms with van der Waals surface area (Å²) in [7, 11) is 0. The minimum atomic E-state index is 1.17. The van der Waals surface area contributed by atoms with E-state index in [-0.39, 0.29) is 0 Å². The molecule has 1 aliphatic heterocycles. The van der Waals surface area contributed by atoms with Crippen molar-refractivity contribution in [2.75, 3.05) is 18.0 Å². The molecule has 1 fully saturated rings. The molecule has 0 unspecified atom stereocenters. The van der Waals surface area contributed by atoms with Gasteiger partial charge in [0.15, 0.2) is 0 Å². The van der Waals surface area contributed by atoms with Crippen LogP contribution in [0.25, 0.3) is 27.7 Å². The standard InChI is InChI=1S/C23H22N2/c1-3-9-18(10-4-1)22-17-23(24-15-7-2-8-16-24)21-14-13-19-11-5-6-12-20(19)25(21)22/h1,3-6,9-14,17H,2,7-8,15-16H2. The van der Waals surface area contributed by atoms with Crippen LogP contribution in [0.1, 0.15) is 19.3 Å². The van der Waals surface area contributed by atoms with Crippen LogP contribution >= 0.6 is 0 Å². The number of pyridine rings is 1. The van der Waals surface area contributed by atoms with Gasteiger partial charge in [-0.3, -0.25) is 0 Å². The molecule has 2 aromatic heterocycles. The number of hydrogen-bond acceptors (Lipinski definition) is 1. The van der Waals surface area contributed by atoms with Crippen LogP contribution in [0.15, 0.2) is 72.8 Å². The number of nitrogens with zero attached hydrogens (tertiary/aromatic N) is 2. The smallest absolute Gasteiger partial charge is 0.0696 e. The highest BCUT2D eigenvalue weighted by Crippen LogP contribution is 2.36. The fourth-order valence-corrected chi connectivity index (χ4v) is 4.14. The lowest BCUT2D eigenvalue weighted by molar-refractivity contribution is 0.579. The minimum absolute atomic E-state index is 1.17. The molecular weight excluding hydrogens is 304 g/mol. The summed E-state index contributed by atoms with van der Waals surface area (Å²) in [6, 6.07) is 26.4. The van der Waals surface area contributed by atoms with Crippen LogP contribution < -0.4 is 4.90 Å². The van der Waals surface area contributed by atoms with Crippen LogP contribution in [0.5, 0.6) is 0 Å². The van der Waals surface area contributed by atoms with Gasteiger partial charge in [0.05, 0.1) is 22.4 Å². The molecule has 0 aliphatic carbocycles. The average Bonchev–Trinajstić information content (AvgIpc) is 3.09. The molecule has 3 heterocycles. The Hall–Kier alpha value is -2.74. The van der Waals surface area contributed by atoms with E-state index in [1.807, 2.05) is 0 Å². The summed E-state index contributed by atoms with van der Waals surface area (Å²) >= 11 is 0. The summed E-state index contributed by atoms with van der Waals surface area (Å²) in [5, 5.41) is 1.29. The van der Waals surface area contributed by atoms with Gasteiger partial charge in [0.25, 0.3) is 0 Å². The Balaban J connectivity index is 1.83. The zero-order chi connectivity index (χ0) is 16.6. The second kappa shape index (κ2) is 5.96. The van der Waals surface area contributed by atoms with Gasteiger partial charge in [-0.2, -0.15) is 0 Å². The SMILES string of the molecule is c1ccc(-c2cc(N3CCCCC3)c3ccc4ccccc4n23)cc1. The second-order valence-electron chi connectivity index (χ2n) is 6.94. The first-order valence-electron chi connectivity index (χ1n) is 9.25. The summed E-state index contributed by atoms with van der Waals surface area (Å²) in [5.41, 5.74) is 6.54. The summed E-state index contributed by atoms with van der Waals surface area (Å²) in [5.74, 6) is 0. The molecule has 124 valence electrons. The molecule has 0 spiro atoms. The summed E-state index contributed by atoms with van der Waals surface area (Å²) in [4.78, 5) is 2.57. The zero-order valence-corrected chi connectivity index (χ0v) is 14.4. The molecule has 2 nitrogen and oxygen atoms in total. The molecule has 0 radical (unpaired) electrons. The molecule has 4 aromatic rings. The van der Waals surface area contributed by atoms with E-state index >= 15 is 0 Å². The maximum atomic E-state index is 2.57. The molecule has 25 heavy (non-hydrogen) atoms. The quantitative estimate of drug-likeness (QED) is 0.455. The number of piperidine rings is 1. The molecule has 0 amide bonds. The maximum Gasteiger partial charge on any atom is 0.0696 e. The van der Waals surface area contributed by atoms with Crippen LogP contribution in [-0.4, -0.2) is 17.5 Å². The Labute approximate surface area is 148 Å². The van der Waals surface area contributed by atoms with E-state index in [0.717, 1.165) is 0 Å².